The van der Waals surface area contributed by atoms with E-state index in [1.54, 1.807) is 57.0 Å². The van der Waals surface area contributed by atoms with E-state index in [0.29, 0.717) is 34.7 Å². The second kappa shape index (κ2) is 10.3. The number of carbonyl (C=O) groups excluding carboxylic acids is 1. The van der Waals surface area contributed by atoms with E-state index in [9.17, 15) is 4.79 Å². The molecule has 36 heavy (non-hydrogen) atoms. The lowest BCUT2D eigenvalue weighted by Gasteiger charge is -2.45. The first-order valence-electron chi connectivity index (χ1n) is 11.9. The van der Waals surface area contributed by atoms with Crippen LogP contribution < -0.4 is 20.6 Å². The quantitative estimate of drug-likeness (QED) is 0.335. The van der Waals surface area contributed by atoms with E-state index in [1.807, 2.05) is 41.5 Å². The van der Waals surface area contributed by atoms with Crippen molar-refractivity contribution < 1.29 is 13.6 Å². The third kappa shape index (κ3) is 5.56. The van der Waals surface area contributed by atoms with Gasteiger partial charge in [-0.1, -0.05) is 46.8 Å². The number of pyridine rings is 2. The minimum absolute atomic E-state index is 0.231. The van der Waals surface area contributed by atoms with Crippen LogP contribution in [0.1, 0.15) is 60.2 Å². The van der Waals surface area contributed by atoms with Crippen LogP contribution in [0.2, 0.25) is 10.1 Å². The first-order valence-corrected chi connectivity index (χ1v) is 13.7. The van der Waals surface area contributed by atoms with Gasteiger partial charge in [-0.05, 0) is 29.1 Å². The molecule has 3 aromatic heterocycles. The molecule has 0 bridgehead atoms. The van der Waals surface area contributed by atoms with Gasteiger partial charge < -0.3 is 19.5 Å². The number of methoxy groups -OCH3 is 1. The van der Waals surface area contributed by atoms with E-state index in [4.69, 9.17) is 4.74 Å². The van der Waals surface area contributed by atoms with Crippen LogP contribution in [0.4, 0.5) is 15.6 Å². The van der Waals surface area contributed by atoms with E-state index < -0.39 is 24.5 Å². The fraction of sp³-hybridized carbons (Fsp3) is 0.480. The van der Waals surface area contributed by atoms with Gasteiger partial charge in [0, 0.05) is 23.6 Å². The Labute approximate surface area is 213 Å². The molecule has 0 aliphatic rings. The van der Waals surface area contributed by atoms with Crippen molar-refractivity contribution in [3.05, 3.63) is 48.7 Å². The summed E-state index contributed by atoms with van der Waals surface area (Å²) in [6.45, 7) is 13.7. The van der Waals surface area contributed by atoms with Crippen molar-refractivity contribution >= 4 is 31.0 Å². The van der Waals surface area contributed by atoms with Gasteiger partial charge in [0.1, 0.15) is 23.3 Å². The summed E-state index contributed by atoms with van der Waals surface area (Å²) in [6.07, 6.45) is 6.52. The summed E-state index contributed by atoms with van der Waals surface area (Å²) in [6, 6.07) is 4.67. The Hall–Kier alpha value is -3.34. The summed E-state index contributed by atoms with van der Waals surface area (Å²) < 4.78 is 23.9. The molecule has 0 saturated heterocycles. The molecule has 1 unspecified atom stereocenters. The molecular formula is C25H36FN7O2Si. The molecule has 3 rings (SSSR count). The summed E-state index contributed by atoms with van der Waals surface area (Å²) in [7, 11) is -1.99. The SMILES string of the molecule is COc1cc(NCc2cn(C(C)C(=O)Nc3cccnc3)nn2)ncc1[Si](F)(C(C)(C)C)C(C)(C)C. The number of nitrogens with one attached hydrogen (secondary N) is 2. The zero-order valence-corrected chi connectivity index (χ0v) is 23.3. The van der Waals surface area contributed by atoms with E-state index in [-0.39, 0.29) is 5.91 Å². The Morgan fingerprint density at radius 2 is 1.89 bits per heavy atom. The third-order valence-electron chi connectivity index (χ3n) is 6.24. The van der Waals surface area contributed by atoms with Crippen molar-refractivity contribution in [3.63, 3.8) is 0 Å². The Bertz CT molecular complexity index is 1180. The fourth-order valence-electron chi connectivity index (χ4n) is 4.46. The molecule has 1 amide bonds. The minimum Gasteiger partial charge on any atom is -0.497 e. The molecule has 0 radical (unpaired) electrons. The van der Waals surface area contributed by atoms with E-state index >= 15 is 4.11 Å². The van der Waals surface area contributed by atoms with Gasteiger partial charge in [0.2, 0.25) is 5.91 Å². The van der Waals surface area contributed by atoms with Crippen LogP contribution in [0.3, 0.4) is 0 Å². The van der Waals surface area contributed by atoms with Gasteiger partial charge in [0.05, 0.1) is 31.7 Å². The molecule has 0 aliphatic heterocycles. The van der Waals surface area contributed by atoms with Crippen molar-refractivity contribution in [2.24, 2.45) is 0 Å². The zero-order chi connectivity index (χ0) is 26.7. The summed E-state index contributed by atoms with van der Waals surface area (Å²) in [4.78, 5) is 21.0. The van der Waals surface area contributed by atoms with Crippen LogP contribution in [0, 0.1) is 0 Å². The molecule has 3 heterocycles. The van der Waals surface area contributed by atoms with Gasteiger partial charge in [0.15, 0.2) is 0 Å². The van der Waals surface area contributed by atoms with Gasteiger partial charge in [-0.25, -0.2) is 9.67 Å². The molecule has 0 aliphatic carbocycles. The van der Waals surface area contributed by atoms with Crippen molar-refractivity contribution in [3.8, 4) is 5.75 Å². The lowest BCUT2D eigenvalue weighted by Crippen LogP contribution is -2.58. The van der Waals surface area contributed by atoms with Crippen LogP contribution in [0.15, 0.2) is 43.0 Å². The highest BCUT2D eigenvalue weighted by Gasteiger charge is 2.58. The number of nitrogens with zero attached hydrogens (tertiary/aromatic N) is 5. The third-order valence-corrected chi connectivity index (χ3v) is 11.5. The van der Waals surface area contributed by atoms with Crippen molar-refractivity contribution in [2.45, 2.75) is 71.1 Å². The van der Waals surface area contributed by atoms with Crippen molar-refractivity contribution in [1.29, 1.82) is 0 Å². The monoisotopic (exact) mass is 513 g/mol. The summed E-state index contributed by atoms with van der Waals surface area (Å²) in [5.74, 6) is 0.786. The lowest BCUT2D eigenvalue weighted by molar-refractivity contribution is -0.119. The highest BCUT2D eigenvalue weighted by atomic mass is 28.4. The van der Waals surface area contributed by atoms with Crippen molar-refractivity contribution in [1.82, 2.24) is 25.0 Å². The van der Waals surface area contributed by atoms with Crippen LogP contribution in [0.5, 0.6) is 5.75 Å². The number of ether oxygens (including phenoxy) is 1. The first kappa shape index (κ1) is 27.2. The smallest absolute Gasteiger partial charge is 0.293 e. The summed E-state index contributed by atoms with van der Waals surface area (Å²) in [5, 5.41) is 13.7. The topological polar surface area (TPSA) is 107 Å². The van der Waals surface area contributed by atoms with E-state index in [1.165, 1.54) is 4.68 Å². The molecule has 0 spiro atoms. The maximum absolute atomic E-state index is 16.8. The number of aromatic nitrogens is 5. The highest BCUT2D eigenvalue weighted by molar-refractivity contribution is 6.91. The van der Waals surface area contributed by atoms with E-state index in [2.05, 4.69) is 30.9 Å². The average Bonchev–Trinajstić information content (AvgIpc) is 3.29. The number of anilines is 2. The number of rotatable bonds is 8. The Balaban J connectivity index is 1.73. The number of halogens is 1. The minimum atomic E-state index is -3.54. The second-order valence-electron chi connectivity index (χ2n) is 10.9. The number of carbonyl (C=O) groups is 1. The molecule has 2 N–H and O–H groups in total. The number of hydrogen-bond donors (Lipinski definition) is 2. The maximum Gasteiger partial charge on any atom is 0.293 e. The highest BCUT2D eigenvalue weighted by Crippen LogP contribution is 2.52. The molecule has 11 heteroatoms. The fourth-order valence-corrected chi connectivity index (χ4v) is 9.08. The van der Waals surface area contributed by atoms with Crippen molar-refractivity contribution in [2.75, 3.05) is 17.7 Å². The van der Waals surface area contributed by atoms with Crippen LogP contribution in [0.25, 0.3) is 0 Å². The molecule has 0 aromatic carbocycles. The number of hydrogen-bond acceptors (Lipinski definition) is 7. The largest absolute Gasteiger partial charge is 0.497 e. The van der Waals surface area contributed by atoms with Crippen LogP contribution in [-0.4, -0.2) is 46.4 Å². The molecule has 0 saturated carbocycles. The standard InChI is InChI=1S/C25H36FN7O2Si/c1-17(23(34)30-18-10-9-11-27-13-18)33-16-19(31-32-33)14-28-22-12-20(35-8)21(15-29-22)36(26,24(2,3)4)25(5,6)7/h9-13,15-17H,14H2,1-8H3,(H,28,29)(H,30,34). The molecule has 1 atom stereocenters. The Morgan fingerprint density at radius 3 is 2.47 bits per heavy atom. The van der Waals surface area contributed by atoms with E-state index in [0.717, 1.165) is 0 Å². The van der Waals surface area contributed by atoms with Gasteiger partial charge in [-0.2, -0.15) is 0 Å². The molecule has 0 fully saturated rings. The van der Waals surface area contributed by atoms with Gasteiger partial charge in [0.25, 0.3) is 8.41 Å². The Kier molecular flexibility index (Phi) is 7.82. The number of amides is 1. The predicted octanol–water partition coefficient (Wildman–Crippen LogP) is 4.61. The normalized spacial score (nSPS) is 13.2. The van der Waals surface area contributed by atoms with Crippen LogP contribution in [-0.2, 0) is 11.3 Å². The molecule has 9 nitrogen and oxygen atoms in total. The van der Waals surface area contributed by atoms with Gasteiger partial charge in [-0.15, -0.1) is 5.10 Å². The van der Waals surface area contributed by atoms with Gasteiger partial charge >= 0.3 is 0 Å². The average molecular weight is 514 g/mol. The summed E-state index contributed by atoms with van der Waals surface area (Å²) >= 11 is 0. The molecule has 194 valence electrons. The maximum atomic E-state index is 16.8. The first-order chi connectivity index (χ1) is 16.8. The zero-order valence-electron chi connectivity index (χ0n) is 22.3. The summed E-state index contributed by atoms with van der Waals surface area (Å²) in [5.41, 5.74) is 1.23. The second-order valence-corrected chi connectivity index (χ2v) is 15.7. The predicted molar refractivity (Wildman–Crippen MR) is 142 cm³/mol. The van der Waals surface area contributed by atoms with Gasteiger partial charge in [-0.3, -0.25) is 9.78 Å². The molecular weight excluding hydrogens is 477 g/mol. The Morgan fingerprint density at radius 1 is 1.19 bits per heavy atom. The lowest BCUT2D eigenvalue weighted by atomic mass is 10.2. The molecule has 3 aromatic rings. The van der Waals surface area contributed by atoms with Crippen LogP contribution >= 0.6 is 0 Å².